The Morgan fingerprint density at radius 3 is 2.72 bits per heavy atom. The van der Waals surface area contributed by atoms with E-state index in [-0.39, 0.29) is 5.56 Å². The van der Waals surface area contributed by atoms with Crippen molar-refractivity contribution in [1.29, 1.82) is 5.26 Å². The van der Waals surface area contributed by atoms with Crippen LogP contribution in [0.3, 0.4) is 0 Å². The van der Waals surface area contributed by atoms with E-state index in [1.807, 2.05) is 6.07 Å². The first-order valence-electron chi connectivity index (χ1n) is 5.23. The molecule has 0 radical (unpaired) electrons. The number of phenols is 1. The van der Waals surface area contributed by atoms with Crippen LogP contribution in [0.15, 0.2) is 36.4 Å². The van der Waals surface area contributed by atoms with Crippen molar-refractivity contribution >= 4 is 0 Å². The van der Waals surface area contributed by atoms with Crippen molar-refractivity contribution < 1.29 is 14.2 Å². The van der Waals surface area contributed by atoms with Crippen LogP contribution in [0.5, 0.6) is 11.5 Å². The molecule has 1 N–H and O–H groups in total. The summed E-state index contributed by atoms with van der Waals surface area (Å²) >= 11 is 0. The van der Waals surface area contributed by atoms with E-state index < -0.39 is 11.6 Å². The van der Waals surface area contributed by atoms with Crippen molar-refractivity contribution in [3.63, 3.8) is 0 Å². The van der Waals surface area contributed by atoms with Crippen molar-refractivity contribution in [2.75, 3.05) is 7.11 Å². The minimum absolute atomic E-state index is 0.148. The SMILES string of the molecule is COc1ccc(O)c(F)c1-c1cccc(C#N)c1. The van der Waals surface area contributed by atoms with E-state index in [4.69, 9.17) is 10.00 Å². The summed E-state index contributed by atoms with van der Waals surface area (Å²) in [6.45, 7) is 0. The van der Waals surface area contributed by atoms with Crippen LogP contribution in [0.2, 0.25) is 0 Å². The first-order chi connectivity index (χ1) is 8.67. The van der Waals surface area contributed by atoms with Crippen LogP contribution in [-0.4, -0.2) is 12.2 Å². The van der Waals surface area contributed by atoms with E-state index in [2.05, 4.69) is 0 Å². The number of ether oxygens (including phenoxy) is 1. The minimum Gasteiger partial charge on any atom is -0.505 e. The van der Waals surface area contributed by atoms with Gasteiger partial charge in [-0.3, -0.25) is 0 Å². The first-order valence-corrected chi connectivity index (χ1v) is 5.23. The number of phenolic OH excluding ortho intramolecular Hbond substituents is 1. The molecule has 0 bridgehead atoms. The Balaban J connectivity index is 2.69. The van der Waals surface area contributed by atoms with Crippen molar-refractivity contribution in [3.05, 3.63) is 47.8 Å². The van der Waals surface area contributed by atoms with E-state index in [1.165, 1.54) is 19.2 Å². The highest BCUT2D eigenvalue weighted by molar-refractivity contribution is 5.73. The molecule has 3 nitrogen and oxygen atoms in total. The van der Waals surface area contributed by atoms with Crippen LogP contribution < -0.4 is 4.74 Å². The molecule has 0 heterocycles. The lowest BCUT2D eigenvalue weighted by molar-refractivity contribution is 0.402. The Morgan fingerprint density at radius 1 is 1.28 bits per heavy atom. The lowest BCUT2D eigenvalue weighted by atomic mass is 10.0. The predicted molar refractivity (Wildman–Crippen MR) is 64.8 cm³/mol. The van der Waals surface area contributed by atoms with Gasteiger partial charge in [0, 0.05) is 0 Å². The van der Waals surface area contributed by atoms with Gasteiger partial charge in [0.05, 0.1) is 24.3 Å². The maximum Gasteiger partial charge on any atom is 0.176 e. The second kappa shape index (κ2) is 4.76. The fraction of sp³-hybridized carbons (Fsp3) is 0.0714. The normalized spacial score (nSPS) is 9.83. The van der Waals surface area contributed by atoms with Gasteiger partial charge in [0.15, 0.2) is 11.6 Å². The predicted octanol–water partition coefficient (Wildman–Crippen LogP) is 3.08. The molecule has 0 aromatic heterocycles. The summed E-state index contributed by atoms with van der Waals surface area (Å²) in [6, 6.07) is 11.2. The Kier molecular flexibility index (Phi) is 3.16. The number of methoxy groups -OCH3 is 1. The minimum atomic E-state index is -0.760. The molecule has 0 amide bonds. The summed E-state index contributed by atoms with van der Waals surface area (Å²) in [6.07, 6.45) is 0. The van der Waals surface area contributed by atoms with Gasteiger partial charge in [0.25, 0.3) is 0 Å². The van der Waals surface area contributed by atoms with Gasteiger partial charge in [-0.25, -0.2) is 4.39 Å². The molecule has 0 aliphatic carbocycles. The van der Waals surface area contributed by atoms with E-state index in [0.29, 0.717) is 16.9 Å². The third-order valence-electron chi connectivity index (χ3n) is 2.58. The Morgan fingerprint density at radius 2 is 2.06 bits per heavy atom. The molecule has 0 saturated heterocycles. The molecule has 0 aliphatic rings. The third kappa shape index (κ3) is 1.98. The highest BCUT2D eigenvalue weighted by atomic mass is 19.1. The smallest absolute Gasteiger partial charge is 0.176 e. The topological polar surface area (TPSA) is 53.2 Å². The molecule has 18 heavy (non-hydrogen) atoms. The number of nitrogens with zero attached hydrogens (tertiary/aromatic N) is 1. The van der Waals surface area contributed by atoms with Gasteiger partial charge < -0.3 is 9.84 Å². The quantitative estimate of drug-likeness (QED) is 0.881. The summed E-state index contributed by atoms with van der Waals surface area (Å²) in [4.78, 5) is 0. The fourth-order valence-electron chi connectivity index (χ4n) is 1.73. The van der Waals surface area contributed by atoms with Crippen LogP contribution >= 0.6 is 0 Å². The molecule has 0 fully saturated rings. The molecule has 0 saturated carbocycles. The number of hydrogen-bond donors (Lipinski definition) is 1. The molecule has 2 aromatic carbocycles. The van der Waals surface area contributed by atoms with Crippen molar-refractivity contribution in [2.24, 2.45) is 0 Å². The van der Waals surface area contributed by atoms with E-state index in [1.54, 1.807) is 24.3 Å². The largest absolute Gasteiger partial charge is 0.505 e. The number of aromatic hydroxyl groups is 1. The third-order valence-corrected chi connectivity index (χ3v) is 2.58. The van der Waals surface area contributed by atoms with Gasteiger partial charge >= 0.3 is 0 Å². The summed E-state index contributed by atoms with van der Waals surface area (Å²) in [7, 11) is 1.42. The lowest BCUT2D eigenvalue weighted by Crippen LogP contribution is -1.92. The number of halogens is 1. The Bertz CT molecular complexity index is 632. The monoisotopic (exact) mass is 243 g/mol. The number of hydrogen-bond acceptors (Lipinski definition) is 3. The van der Waals surface area contributed by atoms with Crippen LogP contribution in [-0.2, 0) is 0 Å². The Labute approximate surface area is 104 Å². The average Bonchev–Trinajstić information content (AvgIpc) is 2.41. The second-order valence-electron chi connectivity index (χ2n) is 3.67. The van der Waals surface area contributed by atoms with Gasteiger partial charge in [-0.05, 0) is 29.8 Å². The molecule has 0 atom stereocenters. The number of benzene rings is 2. The maximum absolute atomic E-state index is 14.0. The molecule has 2 rings (SSSR count). The number of nitriles is 1. The van der Waals surface area contributed by atoms with Gasteiger partial charge in [0.2, 0.25) is 0 Å². The average molecular weight is 243 g/mol. The molecule has 0 unspecified atom stereocenters. The molecular formula is C14H10FNO2. The molecule has 0 spiro atoms. The van der Waals surface area contributed by atoms with E-state index >= 15 is 0 Å². The van der Waals surface area contributed by atoms with Crippen molar-refractivity contribution in [2.45, 2.75) is 0 Å². The first kappa shape index (κ1) is 11.9. The standard InChI is InChI=1S/C14H10FNO2/c1-18-12-6-5-11(17)14(15)13(12)10-4-2-3-9(7-10)8-16/h2-7,17H,1H3. The maximum atomic E-state index is 14.0. The lowest BCUT2D eigenvalue weighted by Gasteiger charge is -2.11. The van der Waals surface area contributed by atoms with Gasteiger partial charge in [-0.2, -0.15) is 5.26 Å². The summed E-state index contributed by atoms with van der Waals surface area (Å²) in [5, 5.41) is 18.2. The summed E-state index contributed by atoms with van der Waals surface area (Å²) in [5.41, 5.74) is 1.05. The zero-order valence-electron chi connectivity index (χ0n) is 9.64. The van der Waals surface area contributed by atoms with Gasteiger partial charge in [-0.15, -0.1) is 0 Å². The van der Waals surface area contributed by atoms with E-state index in [9.17, 15) is 9.50 Å². The van der Waals surface area contributed by atoms with Crippen molar-refractivity contribution in [3.8, 4) is 28.7 Å². The molecule has 90 valence electrons. The Hall–Kier alpha value is -2.54. The highest BCUT2D eigenvalue weighted by Gasteiger charge is 2.15. The molecular weight excluding hydrogens is 233 g/mol. The zero-order chi connectivity index (χ0) is 13.1. The van der Waals surface area contributed by atoms with E-state index in [0.717, 1.165) is 0 Å². The molecule has 2 aromatic rings. The molecule has 0 aliphatic heterocycles. The summed E-state index contributed by atoms with van der Waals surface area (Å²) in [5.74, 6) is -0.905. The van der Waals surface area contributed by atoms with Gasteiger partial charge in [0.1, 0.15) is 5.75 Å². The van der Waals surface area contributed by atoms with Crippen LogP contribution in [0.4, 0.5) is 4.39 Å². The second-order valence-corrected chi connectivity index (χ2v) is 3.67. The fourth-order valence-corrected chi connectivity index (χ4v) is 1.73. The van der Waals surface area contributed by atoms with Crippen LogP contribution in [0.25, 0.3) is 11.1 Å². The number of rotatable bonds is 2. The van der Waals surface area contributed by atoms with Crippen molar-refractivity contribution in [1.82, 2.24) is 0 Å². The van der Waals surface area contributed by atoms with Gasteiger partial charge in [-0.1, -0.05) is 12.1 Å². The summed E-state index contributed by atoms with van der Waals surface area (Å²) < 4.78 is 19.0. The highest BCUT2D eigenvalue weighted by Crippen LogP contribution is 2.36. The molecule has 4 heteroatoms. The van der Waals surface area contributed by atoms with Crippen LogP contribution in [0, 0.1) is 17.1 Å². The zero-order valence-corrected chi connectivity index (χ0v) is 9.64. The van der Waals surface area contributed by atoms with Crippen LogP contribution in [0.1, 0.15) is 5.56 Å².